The molecule has 17 heavy (non-hydrogen) atoms. The summed E-state index contributed by atoms with van der Waals surface area (Å²) in [5.41, 5.74) is 2.36. The number of hydrogen-bond acceptors (Lipinski definition) is 0. The number of benzene rings is 2. The second-order valence-electron chi connectivity index (χ2n) is 4.36. The van der Waals surface area contributed by atoms with Crippen LogP contribution in [0.5, 0.6) is 0 Å². The third-order valence-corrected chi connectivity index (χ3v) is 2.79. The lowest BCUT2D eigenvalue weighted by molar-refractivity contribution is 0.599. The van der Waals surface area contributed by atoms with Crippen molar-refractivity contribution < 1.29 is 8.78 Å². The van der Waals surface area contributed by atoms with E-state index in [1.165, 1.54) is 18.2 Å². The molecule has 0 aliphatic carbocycles. The Labute approximate surface area is 99.9 Å². The van der Waals surface area contributed by atoms with E-state index in [1.54, 1.807) is 18.2 Å². The van der Waals surface area contributed by atoms with E-state index in [0.29, 0.717) is 5.56 Å². The van der Waals surface area contributed by atoms with Crippen LogP contribution in [-0.2, 0) is 0 Å². The van der Waals surface area contributed by atoms with Gasteiger partial charge in [0.2, 0.25) is 0 Å². The summed E-state index contributed by atoms with van der Waals surface area (Å²) >= 11 is 0. The van der Waals surface area contributed by atoms with Gasteiger partial charge in [-0.25, -0.2) is 8.78 Å². The second kappa shape index (κ2) is 4.66. The van der Waals surface area contributed by atoms with Crippen LogP contribution in [-0.4, -0.2) is 0 Å². The zero-order chi connectivity index (χ0) is 12.4. The van der Waals surface area contributed by atoms with E-state index in [2.05, 4.69) is 0 Å². The molecule has 88 valence electrons. The summed E-state index contributed by atoms with van der Waals surface area (Å²) in [6.45, 7) is 3.90. The highest BCUT2D eigenvalue weighted by molar-refractivity contribution is 5.68. The molecule has 0 unspecified atom stereocenters. The van der Waals surface area contributed by atoms with Crippen molar-refractivity contribution in [3.05, 3.63) is 59.7 Å². The van der Waals surface area contributed by atoms with Crippen molar-refractivity contribution in [2.75, 3.05) is 0 Å². The van der Waals surface area contributed by atoms with Gasteiger partial charge in [-0.2, -0.15) is 0 Å². The van der Waals surface area contributed by atoms with E-state index in [-0.39, 0.29) is 17.6 Å². The van der Waals surface area contributed by atoms with Crippen LogP contribution in [0.15, 0.2) is 42.5 Å². The minimum Gasteiger partial charge on any atom is -0.207 e. The lowest BCUT2D eigenvalue weighted by atomic mass is 9.92. The molecule has 2 aromatic rings. The fourth-order valence-electron chi connectivity index (χ4n) is 2.00. The van der Waals surface area contributed by atoms with E-state index >= 15 is 0 Å². The van der Waals surface area contributed by atoms with Crippen LogP contribution in [0.4, 0.5) is 8.78 Å². The number of rotatable bonds is 2. The van der Waals surface area contributed by atoms with Crippen LogP contribution in [0.1, 0.15) is 25.3 Å². The van der Waals surface area contributed by atoms with E-state index in [4.69, 9.17) is 0 Å². The van der Waals surface area contributed by atoms with Gasteiger partial charge in [-0.3, -0.25) is 0 Å². The molecular formula is C15H14F2. The van der Waals surface area contributed by atoms with Gasteiger partial charge in [0.1, 0.15) is 11.6 Å². The van der Waals surface area contributed by atoms with E-state index in [1.807, 2.05) is 19.9 Å². The molecule has 0 saturated heterocycles. The highest BCUT2D eigenvalue weighted by atomic mass is 19.1. The molecule has 0 aliphatic heterocycles. The van der Waals surface area contributed by atoms with Crippen molar-refractivity contribution in [3.63, 3.8) is 0 Å². The Bertz CT molecular complexity index is 513. The lowest BCUT2D eigenvalue weighted by Gasteiger charge is -2.13. The van der Waals surface area contributed by atoms with Gasteiger partial charge in [0.15, 0.2) is 0 Å². The predicted octanol–water partition coefficient (Wildman–Crippen LogP) is 4.76. The molecule has 0 radical (unpaired) electrons. The average Bonchev–Trinajstić information content (AvgIpc) is 2.29. The molecule has 0 fully saturated rings. The smallest absolute Gasteiger partial charge is 0.127 e. The Morgan fingerprint density at radius 1 is 0.882 bits per heavy atom. The zero-order valence-electron chi connectivity index (χ0n) is 9.87. The van der Waals surface area contributed by atoms with Crippen molar-refractivity contribution in [2.24, 2.45) is 0 Å². The molecule has 0 nitrogen and oxygen atoms in total. The summed E-state index contributed by atoms with van der Waals surface area (Å²) in [5.74, 6) is -0.394. The van der Waals surface area contributed by atoms with Crippen molar-refractivity contribution in [2.45, 2.75) is 19.8 Å². The maximum atomic E-state index is 13.8. The first-order chi connectivity index (χ1) is 8.09. The van der Waals surface area contributed by atoms with Crippen LogP contribution in [0.2, 0.25) is 0 Å². The molecule has 0 saturated carbocycles. The van der Waals surface area contributed by atoms with E-state index < -0.39 is 0 Å². The van der Waals surface area contributed by atoms with Crippen LogP contribution in [0.25, 0.3) is 11.1 Å². The van der Waals surface area contributed by atoms with Crippen molar-refractivity contribution >= 4 is 0 Å². The van der Waals surface area contributed by atoms with Gasteiger partial charge in [0, 0.05) is 0 Å². The van der Waals surface area contributed by atoms with Gasteiger partial charge in [-0.1, -0.05) is 38.1 Å². The third kappa shape index (κ3) is 2.36. The first-order valence-electron chi connectivity index (χ1n) is 5.64. The van der Waals surface area contributed by atoms with E-state index in [9.17, 15) is 8.78 Å². The minimum atomic E-state index is -0.281. The summed E-state index contributed by atoms with van der Waals surface area (Å²) in [6, 6.07) is 11.1. The molecule has 0 spiro atoms. The summed E-state index contributed by atoms with van der Waals surface area (Å²) in [4.78, 5) is 0. The normalized spacial score (nSPS) is 10.9. The monoisotopic (exact) mass is 232 g/mol. The van der Waals surface area contributed by atoms with Crippen LogP contribution < -0.4 is 0 Å². The molecule has 0 aliphatic rings. The molecule has 2 heteroatoms. The Morgan fingerprint density at radius 3 is 2.12 bits per heavy atom. The minimum absolute atomic E-state index is 0.0938. The zero-order valence-corrected chi connectivity index (χ0v) is 9.87. The van der Waals surface area contributed by atoms with Crippen molar-refractivity contribution in [3.8, 4) is 11.1 Å². The molecule has 2 aromatic carbocycles. The molecule has 0 bridgehead atoms. The van der Waals surface area contributed by atoms with Gasteiger partial charge < -0.3 is 0 Å². The van der Waals surface area contributed by atoms with Crippen LogP contribution in [0, 0.1) is 11.6 Å². The fourth-order valence-corrected chi connectivity index (χ4v) is 2.00. The highest BCUT2D eigenvalue weighted by Crippen LogP contribution is 2.31. The Morgan fingerprint density at radius 2 is 1.53 bits per heavy atom. The summed E-state index contributed by atoms with van der Waals surface area (Å²) in [5, 5.41) is 0. The maximum absolute atomic E-state index is 13.8. The van der Waals surface area contributed by atoms with Crippen molar-refractivity contribution in [1.82, 2.24) is 0 Å². The van der Waals surface area contributed by atoms with Crippen LogP contribution in [0.3, 0.4) is 0 Å². The summed E-state index contributed by atoms with van der Waals surface area (Å²) < 4.78 is 26.7. The SMILES string of the molecule is CC(C)c1c(F)cccc1-c1ccc(F)cc1. The van der Waals surface area contributed by atoms with Gasteiger partial charge >= 0.3 is 0 Å². The Kier molecular flexibility index (Phi) is 3.23. The fraction of sp³-hybridized carbons (Fsp3) is 0.200. The standard InChI is InChI=1S/C15H14F2/c1-10(2)15-13(4-3-5-14(15)17)11-6-8-12(16)9-7-11/h3-10H,1-2H3. The molecule has 0 amide bonds. The maximum Gasteiger partial charge on any atom is 0.127 e. The Balaban J connectivity index is 2.59. The molecule has 0 aromatic heterocycles. The quantitative estimate of drug-likeness (QED) is 0.700. The second-order valence-corrected chi connectivity index (χ2v) is 4.36. The van der Waals surface area contributed by atoms with Crippen molar-refractivity contribution in [1.29, 1.82) is 0 Å². The summed E-state index contributed by atoms with van der Waals surface area (Å²) in [7, 11) is 0. The third-order valence-electron chi connectivity index (χ3n) is 2.79. The molecule has 0 heterocycles. The van der Waals surface area contributed by atoms with Crippen LogP contribution >= 0.6 is 0 Å². The molecule has 0 atom stereocenters. The molecule has 2 rings (SSSR count). The number of halogens is 2. The first-order valence-corrected chi connectivity index (χ1v) is 5.64. The molecular weight excluding hydrogens is 218 g/mol. The summed E-state index contributed by atoms with van der Waals surface area (Å²) in [6.07, 6.45) is 0. The van der Waals surface area contributed by atoms with Gasteiger partial charge in [-0.05, 0) is 40.8 Å². The van der Waals surface area contributed by atoms with Gasteiger partial charge in [0.25, 0.3) is 0 Å². The van der Waals surface area contributed by atoms with E-state index in [0.717, 1.165) is 11.1 Å². The lowest BCUT2D eigenvalue weighted by Crippen LogP contribution is -1.96. The first kappa shape index (κ1) is 11.8. The predicted molar refractivity (Wildman–Crippen MR) is 65.9 cm³/mol. The molecule has 0 N–H and O–H groups in total. The number of hydrogen-bond donors (Lipinski definition) is 0. The Hall–Kier alpha value is -1.70. The van der Waals surface area contributed by atoms with Gasteiger partial charge in [0.05, 0.1) is 0 Å². The topological polar surface area (TPSA) is 0 Å². The average molecular weight is 232 g/mol. The largest absolute Gasteiger partial charge is 0.207 e. The van der Waals surface area contributed by atoms with Gasteiger partial charge in [-0.15, -0.1) is 0 Å². The highest BCUT2D eigenvalue weighted by Gasteiger charge is 2.13.